The van der Waals surface area contributed by atoms with E-state index in [2.05, 4.69) is 17.4 Å². The third kappa shape index (κ3) is 2.68. The number of nitro benzene ring substituents is 1. The maximum atomic E-state index is 11.9. The molecule has 0 fully saturated rings. The first-order valence-corrected chi connectivity index (χ1v) is 9.49. The van der Waals surface area contributed by atoms with Crippen molar-refractivity contribution in [2.45, 2.75) is 18.4 Å². The highest BCUT2D eigenvalue weighted by Gasteiger charge is 2.44. The predicted octanol–water partition coefficient (Wildman–Crippen LogP) is 4.76. The van der Waals surface area contributed by atoms with Crippen molar-refractivity contribution in [3.05, 3.63) is 105 Å². The van der Waals surface area contributed by atoms with Gasteiger partial charge in [-0.25, -0.2) is 4.79 Å². The van der Waals surface area contributed by atoms with Gasteiger partial charge in [0, 0.05) is 18.1 Å². The highest BCUT2D eigenvalue weighted by atomic mass is 16.6. The van der Waals surface area contributed by atoms with Crippen molar-refractivity contribution in [3.8, 4) is 0 Å². The molecule has 0 spiro atoms. The Morgan fingerprint density at radius 3 is 2.45 bits per heavy atom. The van der Waals surface area contributed by atoms with Crippen LogP contribution in [0.25, 0.3) is 0 Å². The van der Waals surface area contributed by atoms with E-state index in [9.17, 15) is 20.0 Å². The summed E-state index contributed by atoms with van der Waals surface area (Å²) in [7, 11) is 0. The summed E-state index contributed by atoms with van der Waals surface area (Å²) in [6.07, 6.45) is 0.867. The summed E-state index contributed by atoms with van der Waals surface area (Å²) in [6.45, 7) is 0. The van der Waals surface area contributed by atoms with Crippen molar-refractivity contribution in [2.75, 3.05) is 5.32 Å². The second-order valence-electron chi connectivity index (χ2n) is 7.59. The van der Waals surface area contributed by atoms with Gasteiger partial charge < -0.3 is 10.4 Å². The lowest BCUT2D eigenvalue weighted by molar-refractivity contribution is -0.384. The molecule has 0 saturated carbocycles. The maximum absolute atomic E-state index is 11.9. The van der Waals surface area contributed by atoms with Crippen LogP contribution in [0.15, 0.2) is 66.7 Å². The zero-order chi connectivity index (χ0) is 20.1. The van der Waals surface area contributed by atoms with Crippen LogP contribution in [0.1, 0.15) is 44.6 Å². The Labute approximate surface area is 167 Å². The van der Waals surface area contributed by atoms with Crippen LogP contribution in [0.5, 0.6) is 0 Å². The quantitative estimate of drug-likeness (QED) is 0.500. The predicted molar refractivity (Wildman–Crippen MR) is 108 cm³/mol. The van der Waals surface area contributed by atoms with Crippen LogP contribution in [0.3, 0.4) is 0 Å². The molecule has 6 nitrogen and oxygen atoms in total. The highest BCUT2D eigenvalue weighted by Crippen LogP contribution is 2.54. The summed E-state index contributed by atoms with van der Waals surface area (Å²) in [5.74, 6) is -0.686. The molecule has 0 bridgehead atoms. The fraction of sp³-hybridized carbons (Fsp3) is 0.174. The monoisotopic (exact) mass is 386 g/mol. The molecule has 6 heteroatoms. The van der Waals surface area contributed by atoms with Crippen LogP contribution in [0, 0.1) is 16.0 Å². The van der Waals surface area contributed by atoms with Crippen LogP contribution < -0.4 is 5.32 Å². The van der Waals surface area contributed by atoms with E-state index in [0.29, 0.717) is 5.69 Å². The van der Waals surface area contributed by atoms with Crippen LogP contribution in [0.2, 0.25) is 0 Å². The molecule has 3 aromatic rings. The second-order valence-corrected chi connectivity index (χ2v) is 7.59. The number of nitro groups is 1. The third-order valence-corrected chi connectivity index (χ3v) is 6.13. The fourth-order valence-corrected chi connectivity index (χ4v) is 4.90. The maximum Gasteiger partial charge on any atom is 0.337 e. The van der Waals surface area contributed by atoms with Gasteiger partial charge >= 0.3 is 5.97 Å². The van der Waals surface area contributed by atoms with E-state index in [1.165, 1.54) is 23.3 Å². The number of carboxylic acids is 1. The summed E-state index contributed by atoms with van der Waals surface area (Å²) in [6, 6.07) is 20.1. The Morgan fingerprint density at radius 2 is 1.72 bits per heavy atom. The summed E-state index contributed by atoms with van der Waals surface area (Å²) in [5.41, 5.74) is 5.35. The molecule has 3 atom stereocenters. The van der Waals surface area contributed by atoms with Crippen molar-refractivity contribution < 1.29 is 14.8 Å². The van der Waals surface area contributed by atoms with E-state index in [0.717, 1.165) is 17.5 Å². The lowest BCUT2D eigenvalue weighted by atomic mass is 9.75. The van der Waals surface area contributed by atoms with Gasteiger partial charge in [0.1, 0.15) is 0 Å². The average molecular weight is 386 g/mol. The Bertz CT molecular complexity index is 1140. The number of anilines is 1. The molecular weight excluding hydrogens is 368 g/mol. The zero-order valence-electron chi connectivity index (χ0n) is 15.4. The van der Waals surface area contributed by atoms with Crippen molar-refractivity contribution in [1.29, 1.82) is 0 Å². The molecular formula is C23H18N2O4. The van der Waals surface area contributed by atoms with Gasteiger partial charge in [-0.3, -0.25) is 10.1 Å². The lowest BCUT2D eigenvalue weighted by Gasteiger charge is -2.38. The minimum Gasteiger partial charge on any atom is -0.478 e. The van der Waals surface area contributed by atoms with Crippen molar-refractivity contribution in [2.24, 2.45) is 5.92 Å². The highest BCUT2D eigenvalue weighted by molar-refractivity contribution is 5.96. The van der Waals surface area contributed by atoms with E-state index in [-0.39, 0.29) is 29.1 Å². The molecule has 0 unspecified atom stereocenters. The van der Waals surface area contributed by atoms with E-state index < -0.39 is 10.9 Å². The average Bonchev–Trinajstić information content (AvgIpc) is 3.12. The molecule has 0 radical (unpaired) electrons. The molecule has 0 amide bonds. The first-order chi connectivity index (χ1) is 14.0. The van der Waals surface area contributed by atoms with Crippen LogP contribution in [0.4, 0.5) is 11.4 Å². The number of nitrogens with one attached hydrogen (secondary N) is 1. The van der Waals surface area contributed by atoms with Crippen molar-refractivity contribution in [1.82, 2.24) is 0 Å². The lowest BCUT2D eigenvalue weighted by Crippen LogP contribution is -2.31. The van der Waals surface area contributed by atoms with Gasteiger partial charge in [0.05, 0.1) is 22.2 Å². The number of hydrogen-bond acceptors (Lipinski definition) is 4. The molecule has 1 heterocycles. The molecule has 0 saturated heterocycles. The van der Waals surface area contributed by atoms with Gasteiger partial charge in [-0.05, 0) is 40.7 Å². The Morgan fingerprint density at radius 1 is 1.00 bits per heavy atom. The standard InChI is InChI=1S/C23H18N2O4/c26-23(27)18-7-3-6-17-20-16-5-2-1-4-14(16)12-19(20)21(24-22(17)18)13-8-10-15(11-9-13)25(28)29/h1-11,19-21,24H,12H2,(H,26,27)/t19-,20+,21+/m1/s1. The molecule has 3 aromatic carbocycles. The zero-order valence-corrected chi connectivity index (χ0v) is 15.4. The van der Waals surface area contributed by atoms with E-state index >= 15 is 0 Å². The number of carboxylic acid groups (broad SMARTS) is 1. The SMILES string of the molecule is O=C(O)c1cccc2c1N[C@@H](c1ccc([N+](=O)[O-])cc1)[C@@H]1Cc3ccccc3[C@@H]21. The number of nitrogens with zero attached hydrogens (tertiary/aromatic N) is 1. The second kappa shape index (κ2) is 6.44. The van der Waals surface area contributed by atoms with Gasteiger partial charge in [0.25, 0.3) is 5.69 Å². The Kier molecular flexibility index (Phi) is 3.87. The van der Waals surface area contributed by atoms with Crippen LogP contribution in [-0.4, -0.2) is 16.0 Å². The van der Waals surface area contributed by atoms with Gasteiger partial charge in [0.15, 0.2) is 0 Å². The van der Waals surface area contributed by atoms with Crippen LogP contribution in [-0.2, 0) is 6.42 Å². The normalized spacial score (nSPS) is 21.4. The van der Waals surface area contributed by atoms with E-state index in [4.69, 9.17) is 0 Å². The summed E-state index contributed by atoms with van der Waals surface area (Å²) >= 11 is 0. The minimum atomic E-state index is -0.971. The van der Waals surface area contributed by atoms with Crippen molar-refractivity contribution in [3.63, 3.8) is 0 Å². The molecule has 144 valence electrons. The molecule has 1 aliphatic heterocycles. The number of non-ortho nitro benzene ring substituents is 1. The Balaban J connectivity index is 1.67. The molecule has 2 aliphatic rings. The summed E-state index contributed by atoms with van der Waals surface area (Å²) < 4.78 is 0. The van der Waals surface area contributed by atoms with Gasteiger partial charge in [-0.15, -0.1) is 0 Å². The number of aromatic carboxylic acids is 1. The molecule has 5 rings (SSSR count). The van der Waals surface area contributed by atoms with Gasteiger partial charge in [0.2, 0.25) is 0 Å². The Hall–Kier alpha value is -3.67. The fourth-order valence-electron chi connectivity index (χ4n) is 4.90. The topological polar surface area (TPSA) is 92.5 Å². The van der Waals surface area contributed by atoms with E-state index in [1.807, 2.05) is 18.2 Å². The largest absolute Gasteiger partial charge is 0.478 e. The molecule has 2 N–H and O–H groups in total. The number of para-hydroxylation sites is 1. The van der Waals surface area contributed by atoms with Crippen LogP contribution >= 0.6 is 0 Å². The number of carbonyl (C=O) groups is 1. The van der Waals surface area contributed by atoms with E-state index in [1.54, 1.807) is 24.3 Å². The summed E-state index contributed by atoms with van der Waals surface area (Å²) in [4.78, 5) is 22.5. The molecule has 29 heavy (non-hydrogen) atoms. The van der Waals surface area contributed by atoms with Gasteiger partial charge in [-0.2, -0.15) is 0 Å². The number of benzene rings is 3. The van der Waals surface area contributed by atoms with Crippen molar-refractivity contribution >= 4 is 17.3 Å². The smallest absolute Gasteiger partial charge is 0.337 e. The minimum absolute atomic E-state index is 0.0439. The number of rotatable bonds is 3. The summed E-state index contributed by atoms with van der Waals surface area (Å²) in [5, 5.41) is 24.2. The molecule has 1 aliphatic carbocycles. The first kappa shape index (κ1) is 17.4. The number of fused-ring (bicyclic) bond motifs is 5. The first-order valence-electron chi connectivity index (χ1n) is 9.49. The third-order valence-electron chi connectivity index (χ3n) is 6.13. The molecule has 0 aromatic heterocycles. The van der Waals surface area contributed by atoms with Gasteiger partial charge in [-0.1, -0.05) is 48.5 Å². The number of hydrogen-bond donors (Lipinski definition) is 2.